The van der Waals surface area contributed by atoms with Gasteiger partial charge in [0.1, 0.15) is 0 Å². The third-order valence-corrected chi connectivity index (χ3v) is 15.4. The summed E-state index contributed by atoms with van der Waals surface area (Å²) in [5.41, 5.74) is 26.8. The molecule has 4 radical (unpaired) electrons. The zero-order valence-electron chi connectivity index (χ0n) is 61.8. The molecule has 5 aromatic heterocycles. The van der Waals surface area contributed by atoms with Crippen LogP contribution in [0.2, 0.25) is 0 Å². The minimum Gasteiger partial charge on any atom is -0.512 e. The molecule has 13 heteroatoms. The number of allylic oxidation sites excluding steroid dienone is 4. The summed E-state index contributed by atoms with van der Waals surface area (Å²) in [6.07, 6.45) is 11.9. The molecule has 0 aliphatic rings. The van der Waals surface area contributed by atoms with Crippen LogP contribution in [0.3, 0.4) is 0 Å². The molecule has 0 saturated carbocycles. The van der Waals surface area contributed by atoms with E-state index in [0.29, 0.717) is 0 Å². The molecule has 9 nitrogen and oxygen atoms in total. The van der Waals surface area contributed by atoms with Gasteiger partial charge in [-0.15, -0.1) is 178 Å². The Morgan fingerprint density at radius 1 is 0.315 bits per heavy atom. The van der Waals surface area contributed by atoms with Crippen molar-refractivity contribution < 1.29 is 100 Å². The van der Waals surface area contributed by atoms with Crippen molar-refractivity contribution >= 4 is 11.6 Å². The van der Waals surface area contributed by atoms with Gasteiger partial charge in [-0.25, -0.2) is 0 Å². The summed E-state index contributed by atoms with van der Waals surface area (Å²) in [4.78, 5) is 42.5. The maximum absolute atomic E-state index is 10.0. The van der Waals surface area contributed by atoms with E-state index in [9.17, 15) is 9.59 Å². The van der Waals surface area contributed by atoms with Crippen LogP contribution in [0.5, 0.6) is 0 Å². The molecule has 2 N–H and O–H groups in total. The predicted molar refractivity (Wildman–Crippen MR) is 427 cm³/mol. The van der Waals surface area contributed by atoms with E-state index in [0.717, 1.165) is 78.5 Å². The van der Waals surface area contributed by atoms with Gasteiger partial charge >= 0.3 is 0 Å². The molecule has 14 rings (SSSR count). The average molecular weight is 2130 g/mol. The van der Waals surface area contributed by atoms with Crippen LogP contribution in [0.4, 0.5) is 0 Å². The maximum atomic E-state index is 10.0. The van der Waals surface area contributed by atoms with Crippen LogP contribution in [0.15, 0.2) is 328 Å². The van der Waals surface area contributed by atoms with E-state index in [4.69, 9.17) is 10.2 Å². The van der Waals surface area contributed by atoms with E-state index in [2.05, 4.69) is 212 Å². The SMILES string of the molecule is CC(=O)C=C(C)O.CC(=O)C=C(C)O.Cc1[c-]c(-c2cc(C)c(-c3ccccc3)cn2)cc(C)c1.Cc1cc(C)cc(-c2ccc(-c3[c-]cccc3)nc2)c1.Cc1cccnc1-c1[c-]cccc1.[Ir].[Ir].[Ir].[Ir].[c-]1ccccc1-c1ccc(-c2ccccc2)cn1.[c-]1ccccc1-c1ccc(-c2ccccc2)cn1. The Kier molecular flexibility index (Phi) is 40.2. The zero-order valence-corrected chi connectivity index (χ0v) is 71.4. The molecule has 0 amide bonds. The van der Waals surface area contributed by atoms with Gasteiger partial charge in [0, 0.05) is 129 Å². The van der Waals surface area contributed by atoms with Gasteiger partial charge in [0.15, 0.2) is 11.6 Å². The van der Waals surface area contributed by atoms with E-state index < -0.39 is 0 Å². The predicted octanol–water partition coefficient (Wildman–Crippen LogP) is 23.3. The van der Waals surface area contributed by atoms with E-state index in [1.807, 2.05) is 189 Å². The first-order valence-corrected chi connectivity index (χ1v) is 34.0. The number of aliphatic hydroxyl groups excluding tert-OH is 2. The first-order chi connectivity index (χ1) is 50.3. The fourth-order valence-corrected chi connectivity index (χ4v) is 10.8. The molecule has 0 fully saturated rings. The van der Waals surface area contributed by atoms with Crippen LogP contribution in [-0.2, 0) is 90.0 Å². The molecule has 0 aliphatic heterocycles. The summed E-state index contributed by atoms with van der Waals surface area (Å²) in [5, 5.41) is 16.7. The number of carbonyl (C=O) groups is 2. The molecule has 554 valence electrons. The maximum Gasteiger partial charge on any atom is 0.155 e. The van der Waals surface area contributed by atoms with Gasteiger partial charge in [-0.05, 0) is 134 Å². The Labute approximate surface area is 692 Å². The quantitative estimate of drug-likeness (QED) is 0.0736. The molecule has 5 heterocycles. The fraction of sp³-hybridized carbons (Fsp3) is 0.105. The molecule has 0 atom stereocenters. The van der Waals surface area contributed by atoms with Gasteiger partial charge in [-0.1, -0.05) is 188 Å². The van der Waals surface area contributed by atoms with E-state index in [1.165, 1.54) is 95.5 Å². The van der Waals surface area contributed by atoms with Gasteiger partial charge in [-0.2, -0.15) is 0 Å². The Hall–Kier alpha value is -10.3. The summed E-state index contributed by atoms with van der Waals surface area (Å²) in [5.74, 6) is -0.125. The van der Waals surface area contributed by atoms with Crippen molar-refractivity contribution in [2.24, 2.45) is 0 Å². The van der Waals surface area contributed by atoms with Crippen LogP contribution in [-0.4, -0.2) is 46.7 Å². The molecular formula is C95H84Ir4N5O4-5. The third-order valence-electron chi connectivity index (χ3n) is 15.4. The molecule has 0 spiro atoms. The number of aromatic nitrogens is 5. The summed E-state index contributed by atoms with van der Waals surface area (Å²) in [6, 6.07) is 108. The number of ketones is 2. The number of carbonyl (C=O) groups excluding carboxylic acids is 2. The largest absolute Gasteiger partial charge is 0.512 e. The number of aryl methyl sites for hydroxylation is 6. The summed E-state index contributed by atoms with van der Waals surface area (Å²) in [7, 11) is 0. The second kappa shape index (κ2) is 48.1. The molecular weight excluding hydrogens is 2040 g/mol. The van der Waals surface area contributed by atoms with Crippen LogP contribution in [0.25, 0.3) is 101 Å². The van der Waals surface area contributed by atoms with E-state index in [-0.39, 0.29) is 104 Å². The zero-order chi connectivity index (χ0) is 74.0. The van der Waals surface area contributed by atoms with Gasteiger partial charge in [-0.3, -0.25) is 9.59 Å². The molecule has 0 unspecified atom stereocenters. The molecule has 108 heavy (non-hydrogen) atoms. The number of hydrogen-bond acceptors (Lipinski definition) is 9. The van der Waals surface area contributed by atoms with Crippen molar-refractivity contribution in [1.82, 2.24) is 24.9 Å². The van der Waals surface area contributed by atoms with Crippen molar-refractivity contribution in [2.75, 3.05) is 0 Å². The normalized spacial score (nSPS) is 10.1. The number of aliphatic hydroxyl groups is 2. The Bertz CT molecular complexity index is 4710. The number of pyridine rings is 5. The topological polar surface area (TPSA) is 139 Å². The van der Waals surface area contributed by atoms with Crippen molar-refractivity contribution in [1.29, 1.82) is 0 Å². The Morgan fingerprint density at radius 2 is 0.685 bits per heavy atom. The van der Waals surface area contributed by atoms with Gasteiger partial charge in [0.25, 0.3) is 0 Å². The summed E-state index contributed by atoms with van der Waals surface area (Å²) >= 11 is 0. The monoisotopic (exact) mass is 2130 g/mol. The van der Waals surface area contributed by atoms with Crippen molar-refractivity contribution in [3.8, 4) is 101 Å². The Balaban J connectivity index is 0.000000272. The minimum absolute atomic E-state index is 0. The van der Waals surface area contributed by atoms with Crippen molar-refractivity contribution in [3.63, 3.8) is 0 Å². The Morgan fingerprint density at radius 3 is 1.02 bits per heavy atom. The fourth-order valence-electron chi connectivity index (χ4n) is 10.8. The number of rotatable bonds is 11. The number of benzene rings is 9. The van der Waals surface area contributed by atoms with Gasteiger partial charge < -0.3 is 35.1 Å². The number of hydrogen-bond donors (Lipinski definition) is 2. The smallest absolute Gasteiger partial charge is 0.155 e. The minimum atomic E-state index is -0.125. The van der Waals surface area contributed by atoms with Crippen LogP contribution in [0, 0.1) is 71.9 Å². The van der Waals surface area contributed by atoms with E-state index >= 15 is 0 Å². The van der Waals surface area contributed by atoms with Crippen LogP contribution >= 0.6 is 0 Å². The van der Waals surface area contributed by atoms with Crippen LogP contribution in [0.1, 0.15) is 61.1 Å². The summed E-state index contributed by atoms with van der Waals surface area (Å²) < 4.78 is 0. The molecule has 0 saturated heterocycles. The first-order valence-electron chi connectivity index (χ1n) is 34.0. The molecule has 0 bridgehead atoms. The van der Waals surface area contributed by atoms with Crippen molar-refractivity contribution in [2.45, 2.75) is 69.2 Å². The summed E-state index contributed by atoms with van der Waals surface area (Å²) in [6.45, 7) is 18.3. The van der Waals surface area contributed by atoms with Crippen molar-refractivity contribution in [3.05, 3.63) is 391 Å². The van der Waals surface area contributed by atoms with Crippen LogP contribution < -0.4 is 0 Å². The number of nitrogens with zero attached hydrogens (tertiary/aromatic N) is 5. The second-order valence-electron chi connectivity index (χ2n) is 24.5. The molecule has 9 aromatic carbocycles. The third kappa shape index (κ3) is 30.5. The second-order valence-corrected chi connectivity index (χ2v) is 24.5. The first kappa shape index (κ1) is 90.1. The van der Waals surface area contributed by atoms with Gasteiger partial charge in [0.05, 0.1) is 11.5 Å². The molecule has 14 aromatic rings. The standard InChI is InChI=1S/C20H18N.C19H16N.2C17H12N.C12H10N.2C5H8O2.4Ir/c1-14-9-15(2)11-18(10-14)20-12-16(3)19(13-21-20)17-7-5-4-6-8-17;1-14-10-15(2)12-18(11-14)17-8-9-19(20-13-17)16-6-4-3-5-7-16;2*1-3-7-14(8-4-1)16-11-12-17(18-13-16)15-9-5-2-6-10-15;1-10-6-5-9-13-12(10)11-7-3-2-4-8-11;2*1-4(6)3-5(2)7;;;;/h4-10,12-13H,1-3H3;3-6,8-13H,1-2H3;2*1-9,11-13H;2-7,9H,1H3;2*3,6H,1-2H3;;;;/q5*-1;;;;;;. The van der Waals surface area contributed by atoms with E-state index in [1.54, 1.807) is 0 Å². The van der Waals surface area contributed by atoms with Gasteiger partial charge in [0.2, 0.25) is 0 Å². The average Bonchev–Trinajstić information content (AvgIpc) is 0.786. The molecule has 0 aliphatic carbocycles.